The van der Waals surface area contributed by atoms with Gasteiger partial charge in [0.1, 0.15) is 5.82 Å². The Hall–Kier alpha value is -2.04. The van der Waals surface area contributed by atoms with Gasteiger partial charge in [0.2, 0.25) is 0 Å². The van der Waals surface area contributed by atoms with Gasteiger partial charge in [0, 0.05) is 6.07 Å². The minimum Gasteiger partial charge on any atom is -0.494 e. The molecule has 0 atom stereocenters. The monoisotopic (exact) mass is 207 g/mol. The molecule has 15 heavy (non-hydrogen) atoms. The predicted molar refractivity (Wildman–Crippen MR) is 54.8 cm³/mol. The summed E-state index contributed by atoms with van der Waals surface area (Å²) in [7, 11) is 1.43. The second kappa shape index (κ2) is 4.00. The van der Waals surface area contributed by atoms with Crippen LogP contribution in [0.5, 0.6) is 5.75 Å². The minimum atomic E-state index is -0.422. The third kappa shape index (κ3) is 1.90. The smallest absolute Gasteiger partial charge is 0.188 e. The molecule has 0 saturated carbocycles. The molecule has 4 nitrogen and oxygen atoms in total. The fourth-order valence-electron chi connectivity index (χ4n) is 1.24. The van der Waals surface area contributed by atoms with E-state index in [1.54, 1.807) is 30.5 Å². The van der Waals surface area contributed by atoms with Crippen molar-refractivity contribution in [3.8, 4) is 5.75 Å². The number of benzene rings is 1. The zero-order valence-electron chi connectivity index (χ0n) is 8.12. The predicted octanol–water partition coefficient (Wildman–Crippen LogP) is 2.30. The summed E-state index contributed by atoms with van der Waals surface area (Å²) in [6, 6.07) is 6.60. The lowest BCUT2D eigenvalue weighted by Gasteiger charge is -2.07. The summed E-state index contributed by atoms with van der Waals surface area (Å²) >= 11 is 0. The highest BCUT2D eigenvalue weighted by Gasteiger charge is 2.08. The van der Waals surface area contributed by atoms with Crippen LogP contribution in [0.4, 0.5) is 15.9 Å². The number of nitrogens with one attached hydrogen (secondary N) is 2. The van der Waals surface area contributed by atoms with E-state index in [-0.39, 0.29) is 5.75 Å². The summed E-state index contributed by atoms with van der Waals surface area (Å²) in [4.78, 5) is 0. The minimum absolute atomic E-state index is 0.208. The fraction of sp³-hybridized carbons (Fsp3) is 0.100. The molecule has 0 fully saturated rings. The normalized spacial score (nSPS) is 10.0. The summed E-state index contributed by atoms with van der Waals surface area (Å²) in [5.74, 6) is 0.413. The van der Waals surface area contributed by atoms with Gasteiger partial charge < -0.3 is 10.1 Å². The Labute approximate surface area is 86.1 Å². The number of ether oxygens (including phenoxy) is 1. The van der Waals surface area contributed by atoms with Gasteiger partial charge in [-0.1, -0.05) is 6.07 Å². The molecular formula is C10H10FN3O. The van der Waals surface area contributed by atoms with Gasteiger partial charge in [0.25, 0.3) is 0 Å². The van der Waals surface area contributed by atoms with Crippen molar-refractivity contribution in [2.24, 2.45) is 0 Å². The molecule has 5 heteroatoms. The largest absolute Gasteiger partial charge is 0.494 e. The first-order chi connectivity index (χ1) is 7.31. The van der Waals surface area contributed by atoms with Crippen molar-refractivity contribution in [1.82, 2.24) is 10.2 Å². The molecule has 1 aromatic carbocycles. The maximum absolute atomic E-state index is 13.6. The molecule has 0 aliphatic carbocycles. The van der Waals surface area contributed by atoms with Crippen molar-refractivity contribution in [2.75, 3.05) is 12.4 Å². The fourth-order valence-corrected chi connectivity index (χ4v) is 1.24. The number of H-pyrrole nitrogens is 1. The Kier molecular flexibility index (Phi) is 2.53. The van der Waals surface area contributed by atoms with Crippen molar-refractivity contribution in [2.45, 2.75) is 0 Å². The zero-order chi connectivity index (χ0) is 10.7. The second-order valence-electron chi connectivity index (χ2n) is 2.92. The van der Waals surface area contributed by atoms with Gasteiger partial charge >= 0.3 is 0 Å². The molecule has 0 saturated heterocycles. The third-order valence-electron chi connectivity index (χ3n) is 1.95. The lowest BCUT2D eigenvalue weighted by atomic mass is 10.3. The van der Waals surface area contributed by atoms with E-state index in [1.165, 1.54) is 7.11 Å². The number of hydrogen-bond acceptors (Lipinski definition) is 3. The maximum atomic E-state index is 13.6. The van der Waals surface area contributed by atoms with Crippen molar-refractivity contribution >= 4 is 11.5 Å². The molecule has 2 N–H and O–H groups in total. The molecule has 0 bridgehead atoms. The van der Waals surface area contributed by atoms with E-state index in [0.29, 0.717) is 11.5 Å². The van der Waals surface area contributed by atoms with Gasteiger partial charge in [0.05, 0.1) is 19.0 Å². The molecule has 1 heterocycles. The molecule has 0 amide bonds. The van der Waals surface area contributed by atoms with E-state index in [0.717, 1.165) is 0 Å². The standard InChI is InChI=1S/C10H10FN3O/c1-15-8-4-2-3-7(10(8)11)13-9-5-6-12-14-9/h2-6H,1H3,(H2,12,13,14). The number of aromatic amines is 1. The summed E-state index contributed by atoms with van der Waals surface area (Å²) < 4.78 is 18.5. The lowest BCUT2D eigenvalue weighted by Crippen LogP contribution is -1.96. The average Bonchev–Trinajstić information content (AvgIpc) is 2.74. The van der Waals surface area contributed by atoms with Crippen LogP contribution in [0.2, 0.25) is 0 Å². The Balaban J connectivity index is 2.29. The van der Waals surface area contributed by atoms with Gasteiger partial charge in [-0.05, 0) is 12.1 Å². The Morgan fingerprint density at radius 3 is 2.93 bits per heavy atom. The van der Waals surface area contributed by atoms with Crippen molar-refractivity contribution in [3.63, 3.8) is 0 Å². The van der Waals surface area contributed by atoms with Gasteiger partial charge in [-0.25, -0.2) is 4.39 Å². The van der Waals surface area contributed by atoms with E-state index < -0.39 is 5.82 Å². The van der Waals surface area contributed by atoms with Crippen LogP contribution in [0.15, 0.2) is 30.5 Å². The Morgan fingerprint density at radius 2 is 2.27 bits per heavy atom. The van der Waals surface area contributed by atoms with Crippen molar-refractivity contribution in [3.05, 3.63) is 36.3 Å². The molecule has 1 aromatic heterocycles. The summed E-state index contributed by atoms with van der Waals surface area (Å²) in [6.07, 6.45) is 1.58. The van der Waals surface area contributed by atoms with E-state index in [9.17, 15) is 4.39 Å². The topological polar surface area (TPSA) is 49.9 Å². The van der Waals surface area contributed by atoms with Crippen LogP contribution in [0.3, 0.4) is 0 Å². The number of methoxy groups -OCH3 is 1. The molecule has 0 spiro atoms. The highest BCUT2D eigenvalue weighted by molar-refractivity contribution is 5.58. The van der Waals surface area contributed by atoms with Crippen LogP contribution in [0, 0.1) is 5.82 Å². The first-order valence-corrected chi connectivity index (χ1v) is 4.40. The molecule has 0 aliphatic rings. The molecule has 0 unspecified atom stereocenters. The van der Waals surface area contributed by atoms with Crippen LogP contribution in [-0.2, 0) is 0 Å². The highest BCUT2D eigenvalue weighted by Crippen LogP contribution is 2.25. The van der Waals surface area contributed by atoms with Gasteiger partial charge in [-0.2, -0.15) is 5.10 Å². The summed E-state index contributed by atoms with van der Waals surface area (Å²) in [5.41, 5.74) is 0.346. The molecule has 0 aliphatic heterocycles. The lowest BCUT2D eigenvalue weighted by molar-refractivity contribution is 0.387. The zero-order valence-corrected chi connectivity index (χ0v) is 8.12. The van der Waals surface area contributed by atoms with Crippen LogP contribution >= 0.6 is 0 Å². The van der Waals surface area contributed by atoms with Crippen LogP contribution in [0.1, 0.15) is 0 Å². The number of anilines is 2. The maximum Gasteiger partial charge on any atom is 0.188 e. The number of rotatable bonds is 3. The van der Waals surface area contributed by atoms with E-state index in [2.05, 4.69) is 15.5 Å². The van der Waals surface area contributed by atoms with Crippen LogP contribution < -0.4 is 10.1 Å². The van der Waals surface area contributed by atoms with Gasteiger partial charge in [-0.3, -0.25) is 5.10 Å². The van der Waals surface area contributed by atoms with Gasteiger partial charge in [0.15, 0.2) is 11.6 Å². The third-order valence-corrected chi connectivity index (χ3v) is 1.95. The average molecular weight is 207 g/mol. The first kappa shape index (κ1) is 9.51. The SMILES string of the molecule is COc1cccc(Nc2ccn[nH]2)c1F. The Morgan fingerprint density at radius 1 is 1.40 bits per heavy atom. The van der Waals surface area contributed by atoms with Crippen LogP contribution in [-0.4, -0.2) is 17.3 Å². The van der Waals surface area contributed by atoms with E-state index in [1.807, 2.05) is 0 Å². The Bertz CT molecular complexity index is 442. The molecule has 0 radical (unpaired) electrons. The molecule has 2 aromatic rings. The molecule has 78 valence electrons. The van der Waals surface area contributed by atoms with Crippen LogP contribution in [0.25, 0.3) is 0 Å². The molecule has 2 rings (SSSR count). The number of halogens is 1. The number of aromatic nitrogens is 2. The van der Waals surface area contributed by atoms with E-state index in [4.69, 9.17) is 4.74 Å². The quantitative estimate of drug-likeness (QED) is 0.811. The number of hydrogen-bond donors (Lipinski definition) is 2. The molecular weight excluding hydrogens is 197 g/mol. The second-order valence-corrected chi connectivity index (χ2v) is 2.92. The summed E-state index contributed by atoms with van der Waals surface area (Å²) in [6.45, 7) is 0. The number of nitrogens with zero attached hydrogens (tertiary/aromatic N) is 1. The first-order valence-electron chi connectivity index (χ1n) is 4.40. The van der Waals surface area contributed by atoms with Crippen molar-refractivity contribution in [1.29, 1.82) is 0 Å². The van der Waals surface area contributed by atoms with E-state index >= 15 is 0 Å². The summed E-state index contributed by atoms with van der Waals surface area (Å²) in [5, 5.41) is 9.28. The van der Waals surface area contributed by atoms with Gasteiger partial charge in [-0.15, -0.1) is 0 Å². The highest BCUT2D eigenvalue weighted by atomic mass is 19.1. The van der Waals surface area contributed by atoms with Crippen molar-refractivity contribution < 1.29 is 9.13 Å².